The lowest BCUT2D eigenvalue weighted by molar-refractivity contribution is -0.384. The molecule has 7 heteroatoms. The summed E-state index contributed by atoms with van der Waals surface area (Å²) in [6.07, 6.45) is 1.97. The quantitative estimate of drug-likeness (QED) is 0.466. The van der Waals surface area contributed by atoms with E-state index in [1.165, 1.54) is 30.0 Å². The van der Waals surface area contributed by atoms with Crippen LogP contribution >= 0.6 is 0 Å². The smallest absolute Gasteiger partial charge is 0.270 e. The summed E-state index contributed by atoms with van der Waals surface area (Å²) in [4.78, 5) is 22.5. The maximum atomic E-state index is 12.3. The monoisotopic (exact) mass is 381 g/mol. The average molecular weight is 381 g/mol. The standard InChI is InChI=1S/C21H23N3O4/c1-21(2,3)15-6-4-13(5-7-15)17-11-18(17)20(26)23-22-12-14-10-16(24(27)28)8-9-19(14)25/h4-10,12,17-18,25H,11H2,1-3H3,(H,23,26)/b22-12-/t17-,18+/m1/s1. The maximum absolute atomic E-state index is 12.3. The fraction of sp³-hybridized carbons (Fsp3) is 0.333. The summed E-state index contributed by atoms with van der Waals surface area (Å²) < 4.78 is 0. The van der Waals surface area contributed by atoms with Gasteiger partial charge in [-0.05, 0) is 34.9 Å². The van der Waals surface area contributed by atoms with E-state index in [-0.39, 0.29) is 40.2 Å². The third-order valence-electron chi connectivity index (χ3n) is 4.93. The number of aromatic hydroxyl groups is 1. The Morgan fingerprint density at radius 2 is 1.93 bits per heavy atom. The molecule has 1 aliphatic rings. The van der Waals surface area contributed by atoms with Crippen LogP contribution < -0.4 is 5.43 Å². The summed E-state index contributed by atoms with van der Waals surface area (Å²) in [5.74, 6) is -0.315. The molecule has 3 rings (SSSR count). The van der Waals surface area contributed by atoms with E-state index in [2.05, 4.69) is 55.6 Å². The Labute approximate surface area is 163 Å². The Morgan fingerprint density at radius 1 is 1.25 bits per heavy atom. The van der Waals surface area contributed by atoms with Crippen LogP contribution in [0.25, 0.3) is 0 Å². The number of phenols is 1. The Bertz CT molecular complexity index is 930. The van der Waals surface area contributed by atoms with Crippen molar-refractivity contribution in [3.63, 3.8) is 0 Å². The van der Waals surface area contributed by atoms with Crippen molar-refractivity contribution in [1.82, 2.24) is 5.43 Å². The number of rotatable bonds is 5. The van der Waals surface area contributed by atoms with E-state index in [1.807, 2.05) is 0 Å². The van der Waals surface area contributed by atoms with Crippen LogP contribution in [0.1, 0.15) is 49.8 Å². The lowest BCUT2D eigenvalue weighted by Gasteiger charge is -2.19. The molecule has 0 bridgehead atoms. The first-order chi connectivity index (χ1) is 13.2. The first kappa shape index (κ1) is 19.5. The van der Waals surface area contributed by atoms with Crippen LogP contribution in [-0.4, -0.2) is 22.2 Å². The molecule has 0 radical (unpaired) electrons. The van der Waals surface area contributed by atoms with E-state index in [0.717, 1.165) is 12.0 Å². The summed E-state index contributed by atoms with van der Waals surface area (Å²) in [5, 5.41) is 24.4. The Morgan fingerprint density at radius 3 is 2.54 bits per heavy atom. The van der Waals surface area contributed by atoms with E-state index >= 15 is 0 Å². The number of nitrogens with one attached hydrogen (secondary N) is 1. The molecule has 7 nitrogen and oxygen atoms in total. The van der Waals surface area contributed by atoms with Crippen LogP contribution in [0, 0.1) is 16.0 Å². The number of nitrogens with zero attached hydrogens (tertiary/aromatic N) is 2. The number of hydrogen-bond donors (Lipinski definition) is 2. The van der Waals surface area contributed by atoms with Crippen molar-refractivity contribution < 1.29 is 14.8 Å². The highest BCUT2D eigenvalue weighted by Crippen LogP contribution is 2.47. The second kappa shape index (κ2) is 7.42. The van der Waals surface area contributed by atoms with E-state index in [4.69, 9.17) is 0 Å². The molecule has 0 aromatic heterocycles. The Balaban J connectivity index is 1.59. The van der Waals surface area contributed by atoms with Gasteiger partial charge in [0.05, 0.1) is 11.1 Å². The zero-order chi connectivity index (χ0) is 20.5. The third-order valence-corrected chi connectivity index (χ3v) is 4.93. The van der Waals surface area contributed by atoms with Gasteiger partial charge in [0.1, 0.15) is 5.75 Å². The van der Waals surface area contributed by atoms with Gasteiger partial charge in [-0.25, -0.2) is 5.43 Å². The largest absolute Gasteiger partial charge is 0.507 e. The molecular formula is C21H23N3O4. The minimum Gasteiger partial charge on any atom is -0.507 e. The molecule has 1 saturated carbocycles. The third kappa shape index (κ3) is 4.36. The highest BCUT2D eigenvalue weighted by molar-refractivity contribution is 5.87. The zero-order valence-electron chi connectivity index (χ0n) is 16.0. The minimum atomic E-state index is -0.560. The van der Waals surface area contributed by atoms with Crippen LogP contribution in [0.4, 0.5) is 5.69 Å². The van der Waals surface area contributed by atoms with Gasteiger partial charge < -0.3 is 5.11 Å². The van der Waals surface area contributed by atoms with Gasteiger partial charge in [-0.15, -0.1) is 0 Å². The van der Waals surface area contributed by atoms with Crippen molar-refractivity contribution in [1.29, 1.82) is 0 Å². The number of carbonyl (C=O) groups excluding carboxylic acids is 1. The van der Waals surface area contributed by atoms with Crippen molar-refractivity contribution in [2.45, 2.75) is 38.5 Å². The molecule has 146 valence electrons. The summed E-state index contributed by atoms with van der Waals surface area (Å²) in [5.41, 5.74) is 4.93. The van der Waals surface area contributed by atoms with Gasteiger partial charge in [0, 0.05) is 23.6 Å². The Kier molecular flexibility index (Phi) is 5.18. The molecule has 2 aromatic rings. The zero-order valence-corrected chi connectivity index (χ0v) is 16.0. The highest BCUT2D eigenvalue weighted by Gasteiger charge is 2.44. The Hall–Kier alpha value is -3.22. The number of nitro benzene ring substituents is 1. The highest BCUT2D eigenvalue weighted by atomic mass is 16.6. The van der Waals surface area contributed by atoms with Crippen LogP contribution in [-0.2, 0) is 10.2 Å². The molecule has 0 spiro atoms. The molecule has 1 fully saturated rings. The van der Waals surface area contributed by atoms with Crippen molar-refractivity contribution in [3.05, 3.63) is 69.3 Å². The maximum Gasteiger partial charge on any atom is 0.270 e. The van der Waals surface area contributed by atoms with Gasteiger partial charge in [0.25, 0.3) is 5.69 Å². The SMILES string of the molecule is CC(C)(C)c1ccc([C@H]2C[C@@H]2C(=O)N/N=C\c2cc([N+](=O)[O-])ccc2O)cc1. The van der Waals surface area contributed by atoms with Crippen LogP contribution in [0.2, 0.25) is 0 Å². The molecule has 1 aliphatic carbocycles. The molecule has 28 heavy (non-hydrogen) atoms. The fourth-order valence-corrected chi connectivity index (χ4v) is 3.09. The molecule has 2 aromatic carbocycles. The number of phenolic OH excluding ortho intramolecular Hbond substituents is 1. The number of hydrogen-bond acceptors (Lipinski definition) is 5. The summed E-state index contributed by atoms with van der Waals surface area (Å²) >= 11 is 0. The van der Waals surface area contributed by atoms with Gasteiger partial charge >= 0.3 is 0 Å². The molecule has 0 saturated heterocycles. The number of hydrazone groups is 1. The molecule has 0 heterocycles. The van der Waals surface area contributed by atoms with Gasteiger partial charge in [0.15, 0.2) is 0 Å². The summed E-state index contributed by atoms with van der Waals surface area (Å²) in [6, 6.07) is 12.0. The van der Waals surface area contributed by atoms with E-state index in [0.29, 0.717) is 0 Å². The topological polar surface area (TPSA) is 105 Å². The molecule has 0 aliphatic heterocycles. The van der Waals surface area contributed by atoms with Crippen LogP contribution in [0.15, 0.2) is 47.6 Å². The van der Waals surface area contributed by atoms with Gasteiger partial charge in [-0.2, -0.15) is 5.10 Å². The first-order valence-corrected chi connectivity index (χ1v) is 9.07. The molecule has 1 amide bonds. The molecule has 2 N–H and O–H groups in total. The van der Waals surface area contributed by atoms with Gasteiger partial charge in [-0.3, -0.25) is 14.9 Å². The summed E-state index contributed by atoms with van der Waals surface area (Å²) in [7, 11) is 0. The van der Waals surface area contributed by atoms with Crippen molar-refractivity contribution >= 4 is 17.8 Å². The predicted octanol–water partition coefficient (Wildman–Crippen LogP) is 3.85. The van der Waals surface area contributed by atoms with Gasteiger partial charge in [0.2, 0.25) is 5.91 Å². The van der Waals surface area contributed by atoms with E-state index in [1.54, 1.807) is 0 Å². The molecule has 0 unspecified atom stereocenters. The minimum absolute atomic E-state index is 0.0889. The van der Waals surface area contributed by atoms with Crippen LogP contribution in [0.3, 0.4) is 0 Å². The number of amides is 1. The number of carbonyl (C=O) groups is 1. The predicted molar refractivity (Wildman–Crippen MR) is 106 cm³/mol. The average Bonchev–Trinajstić information content (AvgIpc) is 3.43. The lowest BCUT2D eigenvalue weighted by Crippen LogP contribution is -2.20. The number of benzene rings is 2. The second-order valence-electron chi connectivity index (χ2n) is 8.06. The van der Waals surface area contributed by atoms with Crippen molar-refractivity contribution in [3.8, 4) is 5.75 Å². The first-order valence-electron chi connectivity index (χ1n) is 9.07. The van der Waals surface area contributed by atoms with Crippen molar-refractivity contribution in [2.24, 2.45) is 11.0 Å². The van der Waals surface area contributed by atoms with Crippen LogP contribution in [0.5, 0.6) is 5.75 Å². The second-order valence-corrected chi connectivity index (χ2v) is 8.06. The van der Waals surface area contributed by atoms with Crippen molar-refractivity contribution in [2.75, 3.05) is 0 Å². The number of nitro groups is 1. The fourth-order valence-electron chi connectivity index (χ4n) is 3.09. The molecule has 2 atom stereocenters. The van der Waals surface area contributed by atoms with Gasteiger partial charge in [-0.1, -0.05) is 45.0 Å². The molecular weight excluding hydrogens is 358 g/mol. The summed E-state index contributed by atoms with van der Waals surface area (Å²) in [6.45, 7) is 6.48. The van der Waals surface area contributed by atoms with E-state index < -0.39 is 4.92 Å². The lowest BCUT2D eigenvalue weighted by atomic mass is 9.86. The normalized spacial score (nSPS) is 18.8. The van der Waals surface area contributed by atoms with E-state index in [9.17, 15) is 20.0 Å². The number of non-ortho nitro benzene ring substituents is 1.